The molecule has 0 saturated heterocycles. The summed E-state index contributed by atoms with van der Waals surface area (Å²) in [4.78, 5) is 12.3. The van der Waals surface area contributed by atoms with Crippen LogP contribution in [0.2, 0.25) is 0 Å². The number of aliphatic hydroxyl groups excluding tert-OH is 1. The van der Waals surface area contributed by atoms with Crippen molar-refractivity contribution in [3.63, 3.8) is 0 Å². The number of aryl methyl sites for hydroxylation is 1. The molecule has 0 bridgehead atoms. The molecule has 6 nitrogen and oxygen atoms in total. The van der Waals surface area contributed by atoms with Crippen molar-refractivity contribution in [3.05, 3.63) is 53.6 Å². The van der Waals surface area contributed by atoms with E-state index >= 15 is 0 Å². The highest BCUT2D eigenvalue weighted by molar-refractivity contribution is 5.76. The molecule has 2 aromatic carbocycles. The highest BCUT2D eigenvalue weighted by Crippen LogP contribution is 2.27. The number of aromatic hydroxyl groups is 1. The van der Waals surface area contributed by atoms with Gasteiger partial charge in [0.05, 0.1) is 13.2 Å². The minimum atomic E-state index is -0.125. The Labute approximate surface area is 184 Å². The van der Waals surface area contributed by atoms with Crippen LogP contribution in [0.4, 0.5) is 0 Å². The largest absolute Gasteiger partial charge is 0.504 e. The zero-order valence-corrected chi connectivity index (χ0v) is 18.2. The van der Waals surface area contributed by atoms with Crippen LogP contribution in [0.3, 0.4) is 0 Å². The lowest BCUT2D eigenvalue weighted by molar-refractivity contribution is -0.121. The van der Waals surface area contributed by atoms with Crippen LogP contribution in [0.1, 0.15) is 43.2 Å². The van der Waals surface area contributed by atoms with E-state index in [2.05, 4.69) is 5.32 Å². The molecule has 31 heavy (non-hydrogen) atoms. The number of methoxy groups -OCH3 is 1. The summed E-state index contributed by atoms with van der Waals surface area (Å²) in [7, 11) is 1.50. The van der Waals surface area contributed by atoms with Crippen LogP contribution in [0.15, 0.2) is 42.5 Å². The van der Waals surface area contributed by atoms with Gasteiger partial charge in [-0.25, -0.2) is 0 Å². The summed E-state index contributed by atoms with van der Waals surface area (Å²) in [5.74, 6) is 1.20. The molecule has 0 aromatic heterocycles. The maximum absolute atomic E-state index is 12.3. The lowest BCUT2D eigenvalue weighted by Gasteiger charge is -2.16. The molecule has 0 spiro atoms. The minimum Gasteiger partial charge on any atom is -0.504 e. The third-order valence-corrected chi connectivity index (χ3v) is 5.76. The summed E-state index contributed by atoms with van der Waals surface area (Å²) < 4.78 is 11.1. The van der Waals surface area contributed by atoms with E-state index in [-0.39, 0.29) is 24.2 Å². The quantitative estimate of drug-likeness (QED) is 0.510. The monoisotopic (exact) mass is 427 g/mol. The zero-order valence-electron chi connectivity index (χ0n) is 18.2. The predicted molar refractivity (Wildman–Crippen MR) is 120 cm³/mol. The highest BCUT2D eigenvalue weighted by Gasteiger charge is 2.17. The van der Waals surface area contributed by atoms with E-state index in [1.165, 1.54) is 20.0 Å². The van der Waals surface area contributed by atoms with Gasteiger partial charge in [0.15, 0.2) is 11.5 Å². The van der Waals surface area contributed by atoms with Gasteiger partial charge in [0, 0.05) is 25.5 Å². The van der Waals surface area contributed by atoms with Crippen LogP contribution in [-0.4, -0.2) is 42.5 Å². The number of phenolic OH excluding ortho intramolecular Hbond substituents is 1. The Balaban J connectivity index is 1.43. The maximum atomic E-state index is 12.3. The van der Waals surface area contributed by atoms with Crippen LogP contribution >= 0.6 is 0 Å². The van der Waals surface area contributed by atoms with Gasteiger partial charge < -0.3 is 25.0 Å². The summed E-state index contributed by atoms with van der Waals surface area (Å²) in [6.07, 6.45) is 6.61. The van der Waals surface area contributed by atoms with Crippen molar-refractivity contribution in [2.24, 2.45) is 5.92 Å². The SMILES string of the molecule is COc1ccc(C[C@@H](CO)CNC(=O)CCc2cccc(OC3CCCC3)c2)cc1O. The number of phenols is 1. The number of ether oxygens (including phenoxy) is 2. The first-order chi connectivity index (χ1) is 15.1. The van der Waals surface area contributed by atoms with Gasteiger partial charge in [-0.2, -0.15) is 0 Å². The molecular weight excluding hydrogens is 394 g/mol. The molecular formula is C25H33NO5. The fourth-order valence-electron chi connectivity index (χ4n) is 3.97. The molecule has 1 atom stereocenters. The van der Waals surface area contributed by atoms with Crippen LogP contribution in [0.25, 0.3) is 0 Å². The molecule has 1 amide bonds. The molecule has 0 radical (unpaired) electrons. The number of carbonyl (C=O) groups excluding carboxylic acids is 1. The van der Waals surface area contributed by atoms with E-state index in [0.717, 1.165) is 29.7 Å². The summed E-state index contributed by atoms with van der Waals surface area (Å²) >= 11 is 0. The second-order valence-electron chi connectivity index (χ2n) is 8.23. The van der Waals surface area contributed by atoms with Crippen LogP contribution in [0, 0.1) is 5.92 Å². The van der Waals surface area contributed by atoms with Gasteiger partial charge in [0.1, 0.15) is 5.75 Å². The Bertz CT molecular complexity index is 848. The van der Waals surface area contributed by atoms with Crippen molar-refractivity contribution in [2.45, 2.75) is 51.0 Å². The van der Waals surface area contributed by atoms with Crippen molar-refractivity contribution in [1.29, 1.82) is 0 Å². The molecule has 0 unspecified atom stereocenters. The first-order valence-electron chi connectivity index (χ1n) is 11.1. The van der Waals surface area contributed by atoms with Crippen molar-refractivity contribution >= 4 is 5.91 Å². The molecule has 3 N–H and O–H groups in total. The fraction of sp³-hybridized carbons (Fsp3) is 0.480. The number of nitrogens with one attached hydrogen (secondary N) is 1. The molecule has 1 aliphatic rings. The van der Waals surface area contributed by atoms with Crippen LogP contribution in [0.5, 0.6) is 17.2 Å². The molecule has 2 aromatic rings. The molecule has 1 saturated carbocycles. The fourth-order valence-corrected chi connectivity index (χ4v) is 3.97. The average Bonchev–Trinajstić information content (AvgIpc) is 3.28. The topological polar surface area (TPSA) is 88.0 Å². The number of aliphatic hydroxyl groups is 1. The van der Waals surface area contributed by atoms with E-state index in [4.69, 9.17) is 9.47 Å². The average molecular weight is 428 g/mol. The van der Waals surface area contributed by atoms with Crippen molar-refractivity contribution in [3.8, 4) is 17.2 Å². The van der Waals surface area contributed by atoms with Gasteiger partial charge in [-0.1, -0.05) is 18.2 Å². The Kier molecular flexibility index (Phi) is 8.59. The molecule has 168 valence electrons. The Morgan fingerprint density at radius 2 is 1.97 bits per heavy atom. The predicted octanol–water partition coefficient (Wildman–Crippen LogP) is 3.62. The van der Waals surface area contributed by atoms with Crippen LogP contribution in [-0.2, 0) is 17.6 Å². The number of hydrogen-bond acceptors (Lipinski definition) is 5. The Hall–Kier alpha value is -2.73. The maximum Gasteiger partial charge on any atom is 0.220 e. The summed E-state index contributed by atoms with van der Waals surface area (Å²) in [6.45, 7) is 0.334. The Morgan fingerprint density at radius 3 is 2.68 bits per heavy atom. The van der Waals surface area contributed by atoms with Gasteiger partial charge in [0.25, 0.3) is 0 Å². The van der Waals surface area contributed by atoms with E-state index in [1.54, 1.807) is 12.1 Å². The summed E-state index contributed by atoms with van der Waals surface area (Å²) in [5.41, 5.74) is 1.96. The van der Waals surface area contributed by atoms with Gasteiger partial charge in [-0.15, -0.1) is 0 Å². The Morgan fingerprint density at radius 1 is 1.16 bits per heavy atom. The van der Waals surface area contributed by atoms with E-state index < -0.39 is 0 Å². The van der Waals surface area contributed by atoms with E-state index in [9.17, 15) is 15.0 Å². The molecule has 3 rings (SSSR count). The molecule has 1 aliphatic carbocycles. The standard InChI is InChI=1S/C25H33NO5/c1-30-24-11-9-19(15-23(24)28)13-20(17-27)16-26-25(29)12-10-18-5-4-8-22(14-18)31-21-6-2-3-7-21/h4-5,8-9,11,14-15,20-21,27-28H,2-3,6-7,10,12-13,16-17H2,1H3,(H,26,29)/t20-/m1/s1. The normalized spacial score (nSPS) is 14.9. The van der Waals surface area contributed by atoms with Crippen molar-refractivity contribution in [1.82, 2.24) is 5.32 Å². The van der Waals surface area contributed by atoms with Crippen molar-refractivity contribution < 1.29 is 24.5 Å². The number of benzene rings is 2. The third kappa shape index (κ3) is 7.17. The van der Waals surface area contributed by atoms with Crippen molar-refractivity contribution in [2.75, 3.05) is 20.3 Å². The first-order valence-corrected chi connectivity index (χ1v) is 11.1. The van der Waals surface area contributed by atoms with E-state index in [1.807, 2.05) is 30.3 Å². The van der Waals surface area contributed by atoms with Gasteiger partial charge in [-0.05, 0) is 73.9 Å². The van der Waals surface area contributed by atoms with Crippen LogP contribution < -0.4 is 14.8 Å². The summed E-state index contributed by atoms with van der Waals surface area (Å²) in [6, 6.07) is 13.2. The molecule has 6 heteroatoms. The number of amides is 1. The number of carbonyl (C=O) groups is 1. The third-order valence-electron chi connectivity index (χ3n) is 5.76. The lowest BCUT2D eigenvalue weighted by atomic mass is 9.99. The van der Waals surface area contributed by atoms with Gasteiger partial charge >= 0.3 is 0 Å². The second kappa shape index (κ2) is 11.6. The smallest absolute Gasteiger partial charge is 0.220 e. The highest BCUT2D eigenvalue weighted by atomic mass is 16.5. The first kappa shape index (κ1) is 22.9. The lowest BCUT2D eigenvalue weighted by Crippen LogP contribution is -2.32. The summed E-state index contributed by atoms with van der Waals surface area (Å²) in [5, 5.41) is 22.5. The number of hydrogen-bond donors (Lipinski definition) is 3. The molecule has 1 fully saturated rings. The molecule has 0 aliphatic heterocycles. The van der Waals surface area contributed by atoms with E-state index in [0.29, 0.717) is 37.7 Å². The second-order valence-corrected chi connectivity index (χ2v) is 8.23. The molecule has 0 heterocycles. The zero-order chi connectivity index (χ0) is 22.1. The van der Waals surface area contributed by atoms with Gasteiger partial charge in [0.2, 0.25) is 5.91 Å². The minimum absolute atomic E-state index is 0.0434. The number of rotatable bonds is 11. The van der Waals surface area contributed by atoms with Gasteiger partial charge in [-0.3, -0.25) is 4.79 Å².